The Hall–Kier alpha value is -0.793. The molecular weight excluding hydrogens is 268 g/mol. The summed E-state index contributed by atoms with van der Waals surface area (Å²) in [5, 5.41) is -0.106. The average molecular weight is 286 g/mol. The monoisotopic (exact) mass is 286 g/mol. The van der Waals surface area contributed by atoms with Gasteiger partial charge in [-0.15, -0.1) is 11.8 Å². The van der Waals surface area contributed by atoms with Crippen molar-refractivity contribution in [3.05, 3.63) is 11.3 Å². The molecule has 1 saturated heterocycles. The second-order valence-corrected chi connectivity index (χ2v) is 11.1. The molecule has 1 unspecified atom stereocenters. The standard InChI is InChI=1S/C11H18N2O3SSi/c1-6-5-17-10-7(12)9(14)13(10)8(6)11(15)16-18(2,3)4/h7,10H,5,12H2,1-4H3/t7?,10-/m0/s1. The fourth-order valence-corrected chi connectivity index (χ4v) is 3.88. The Morgan fingerprint density at radius 3 is 2.67 bits per heavy atom. The Balaban J connectivity index is 2.25. The van der Waals surface area contributed by atoms with Crippen LogP contribution in [0.25, 0.3) is 0 Å². The maximum absolute atomic E-state index is 12.2. The molecule has 2 N–H and O–H groups in total. The van der Waals surface area contributed by atoms with E-state index in [1.807, 2.05) is 26.6 Å². The van der Waals surface area contributed by atoms with Gasteiger partial charge in [0.25, 0.3) is 0 Å². The van der Waals surface area contributed by atoms with Gasteiger partial charge < -0.3 is 10.2 Å². The summed E-state index contributed by atoms with van der Waals surface area (Å²) >= 11 is 1.60. The van der Waals surface area contributed by atoms with Crippen molar-refractivity contribution in [3.8, 4) is 0 Å². The zero-order valence-corrected chi connectivity index (χ0v) is 12.8. The largest absolute Gasteiger partial charge is 0.515 e. The van der Waals surface area contributed by atoms with Crippen LogP contribution in [0.2, 0.25) is 19.6 Å². The topological polar surface area (TPSA) is 72.6 Å². The number of carbonyl (C=O) groups is 2. The minimum absolute atomic E-state index is 0.106. The Bertz CT molecular complexity index is 444. The molecule has 0 radical (unpaired) electrons. The third-order valence-corrected chi connectivity index (χ3v) is 5.04. The zero-order chi connectivity index (χ0) is 13.7. The molecule has 2 heterocycles. The molecule has 100 valence electrons. The van der Waals surface area contributed by atoms with Gasteiger partial charge in [0.05, 0.1) is 0 Å². The minimum atomic E-state index is -1.96. The van der Waals surface area contributed by atoms with Crippen LogP contribution >= 0.6 is 11.8 Å². The molecule has 0 aromatic rings. The first kappa shape index (κ1) is 13.6. The lowest BCUT2D eigenvalue weighted by Gasteiger charge is -2.48. The minimum Gasteiger partial charge on any atom is -0.515 e. The van der Waals surface area contributed by atoms with Gasteiger partial charge in [0.2, 0.25) is 14.2 Å². The van der Waals surface area contributed by atoms with Gasteiger partial charge >= 0.3 is 5.97 Å². The molecule has 2 atom stereocenters. The van der Waals surface area contributed by atoms with Gasteiger partial charge in [-0.25, -0.2) is 4.79 Å². The SMILES string of the molecule is CC1=C(C(=O)O[Si](C)(C)C)N2C(=O)C(N)[C@@H]2SC1. The van der Waals surface area contributed by atoms with E-state index in [-0.39, 0.29) is 17.3 Å². The summed E-state index contributed by atoms with van der Waals surface area (Å²) in [5.41, 5.74) is 7.03. The highest BCUT2D eigenvalue weighted by Crippen LogP contribution is 2.39. The molecule has 2 aliphatic heterocycles. The van der Waals surface area contributed by atoms with Crippen molar-refractivity contribution < 1.29 is 14.0 Å². The van der Waals surface area contributed by atoms with E-state index in [1.54, 1.807) is 11.8 Å². The second kappa shape index (κ2) is 4.39. The number of amides is 1. The van der Waals surface area contributed by atoms with Crippen molar-refractivity contribution in [1.29, 1.82) is 0 Å². The Morgan fingerprint density at radius 2 is 2.11 bits per heavy atom. The summed E-state index contributed by atoms with van der Waals surface area (Å²) in [6.07, 6.45) is 0. The number of thioether (sulfide) groups is 1. The number of nitrogens with zero attached hydrogens (tertiary/aromatic N) is 1. The van der Waals surface area contributed by atoms with Crippen LogP contribution in [0.1, 0.15) is 6.92 Å². The van der Waals surface area contributed by atoms with Crippen molar-refractivity contribution in [2.75, 3.05) is 5.75 Å². The Morgan fingerprint density at radius 1 is 1.50 bits per heavy atom. The molecule has 1 amide bonds. The van der Waals surface area contributed by atoms with Crippen molar-refractivity contribution in [2.45, 2.75) is 38.0 Å². The molecule has 2 rings (SSSR count). The first-order chi connectivity index (χ1) is 8.22. The molecule has 7 heteroatoms. The van der Waals surface area contributed by atoms with Gasteiger partial charge in [-0.1, -0.05) is 0 Å². The van der Waals surface area contributed by atoms with Crippen LogP contribution in [0.4, 0.5) is 0 Å². The first-order valence-corrected chi connectivity index (χ1v) is 10.3. The number of β-lactam (4-membered cyclic amide) rings is 1. The molecule has 0 bridgehead atoms. The van der Waals surface area contributed by atoms with E-state index in [9.17, 15) is 9.59 Å². The molecule has 0 aliphatic carbocycles. The summed E-state index contributed by atoms with van der Waals surface area (Å²) < 4.78 is 5.48. The van der Waals surface area contributed by atoms with Crippen LogP contribution in [-0.2, 0) is 14.0 Å². The number of rotatable bonds is 2. The molecule has 0 spiro atoms. The fourth-order valence-electron chi connectivity index (χ4n) is 1.99. The van der Waals surface area contributed by atoms with Gasteiger partial charge in [0, 0.05) is 5.75 Å². The van der Waals surface area contributed by atoms with Gasteiger partial charge in [-0.05, 0) is 32.1 Å². The quantitative estimate of drug-likeness (QED) is 0.602. The molecule has 0 aromatic carbocycles. The van der Waals surface area contributed by atoms with E-state index in [4.69, 9.17) is 10.2 Å². The van der Waals surface area contributed by atoms with Crippen molar-refractivity contribution in [3.63, 3.8) is 0 Å². The van der Waals surface area contributed by atoms with Crippen LogP contribution in [0.3, 0.4) is 0 Å². The third-order valence-electron chi connectivity index (χ3n) is 2.79. The van der Waals surface area contributed by atoms with E-state index >= 15 is 0 Å². The van der Waals surface area contributed by atoms with Crippen molar-refractivity contribution in [1.82, 2.24) is 4.90 Å². The van der Waals surface area contributed by atoms with E-state index in [0.29, 0.717) is 5.70 Å². The molecule has 18 heavy (non-hydrogen) atoms. The lowest BCUT2D eigenvalue weighted by atomic mass is 10.0. The number of nitrogens with two attached hydrogens (primary N) is 1. The summed E-state index contributed by atoms with van der Waals surface area (Å²) in [6.45, 7) is 7.69. The van der Waals surface area contributed by atoms with Gasteiger partial charge in [-0.3, -0.25) is 9.69 Å². The number of hydrogen-bond acceptors (Lipinski definition) is 5. The van der Waals surface area contributed by atoms with E-state index in [2.05, 4.69) is 0 Å². The molecule has 0 aromatic heterocycles. The van der Waals surface area contributed by atoms with Crippen LogP contribution in [-0.4, -0.2) is 42.3 Å². The summed E-state index contributed by atoms with van der Waals surface area (Å²) in [7, 11) is -1.96. The molecule has 1 fully saturated rings. The lowest BCUT2D eigenvalue weighted by Crippen LogP contribution is -2.68. The predicted molar refractivity (Wildman–Crippen MR) is 73.2 cm³/mol. The van der Waals surface area contributed by atoms with Crippen LogP contribution < -0.4 is 5.73 Å². The van der Waals surface area contributed by atoms with Gasteiger partial charge in [-0.2, -0.15) is 0 Å². The van der Waals surface area contributed by atoms with E-state index in [1.165, 1.54) is 4.90 Å². The van der Waals surface area contributed by atoms with Gasteiger partial charge in [0.1, 0.15) is 17.1 Å². The van der Waals surface area contributed by atoms with Crippen LogP contribution in [0.15, 0.2) is 11.3 Å². The van der Waals surface area contributed by atoms with E-state index in [0.717, 1.165) is 11.3 Å². The average Bonchev–Trinajstić information content (AvgIpc) is 2.25. The third kappa shape index (κ3) is 2.22. The fraction of sp³-hybridized carbons (Fsp3) is 0.636. The van der Waals surface area contributed by atoms with Crippen molar-refractivity contribution in [2.24, 2.45) is 5.73 Å². The summed E-state index contributed by atoms with van der Waals surface area (Å²) in [4.78, 5) is 25.5. The smallest absolute Gasteiger partial charge is 0.341 e. The summed E-state index contributed by atoms with van der Waals surface area (Å²) in [5.74, 6) is 0.157. The second-order valence-electron chi connectivity index (χ2n) is 5.57. The molecule has 0 saturated carbocycles. The predicted octanol–water partition coefficient (Wildman–Crippen LogP) is 0.881. The lowest BCUT2D eigenvalue weighted by molar-refractivity contribution is -0.147. The maximum Gasteiger partial charge on any atom is 0.341 e. The number of hydrogen-bond donors (Lipinski definition) is 1. The van der Waals surface area contributed by atoms with Crippen LogP contribution in [0.5, 0.6) is 0 Å². The molecule has 2 aliphatic rings. The Kier molecular flexibility index (Phi) is 3.33. The van der Waals surface area contributed by atoms with Gasteiger partial charge in [0.15, 0.2) is 0 Å². The zero-order valence-electron chi connectivity index (χ0n) is 11.0. The van der Waals surface area contributed by atoms with Crippen LogP contribution in [0, 0.1) is 0 Å². The molecule has 5 nitrogen and oxygen atoms in total. The Labute approximate surface area is 112 Å². The highest BCUT2D eigenvalue weighted by Gasteiger charge is 2.51. The van der Waals surface area contributed by atoms with Crippen molar-refractivity contribution >= 4 is 32.0 Å². The number of carbonyl (C=O) groups excluding carboxylic acids is 2. The maximum atomic E-state index is 12.2. The molecular formula is C11H18N2O3SSi. The number of fused-ring (bicyclic) bond motifs is 1. The summed E-state index contributed by atoms with van der Waals surface area (Å²) in [6, 6.07) is -0.488. The first-order valence-electron chi connectivity index (χ1n) is 5.86. The highest BCUT2D eigenvalue weighted by molar-refractivity contribution is 8.00. The highest BCUT2D eigenvalue weighted by atomic mass is 32.2. The normalized spacial score (nSPS) is 27.8. The van der Waals surface area contributed by atoms with E-state index < -0.39 is 14.4 Å².